The van der Waals surface area contributed by atoms with Crippen molar-refractivity contribution in [1.82, 2.24) is 4.90 Å². The van der Waals surface area contributed by atoms with Crippen molar-refractivity contribution in [2.75, 3.05) is 25.0 Å². The summed E-state index contributed by atoms with van der Waals surface area (Å²) in [5.74, 6) is 0.775. The van der Waals surface area contributed by atoms with E-state index in [0.717, 1.165) is 54.5 Å². The molecule has 0 radical (unpaired) electrons. The highest BCUT2D eigenvalue weighted by Gasteiger charge is 2.33. The summed E-state index contributed by atoms with van der Waals surface area (Å²) in [4.78, 5) is 20.2. The van der Waals surface area contributed by atoms with E-state index in [4.69, 9.17) is 5.26 Å². The van der Waals surface area contributed by atoms with Crippen molar-refractivity contribution in [3.05, 3.63) is 52.4 Å². The quantitative estimate of drug-likeness (QED) is 0.225. The molecule has 2 atom stereocenters. The van der Waals surface area contributed by atoms with Gasteiger partial charge in [0.1, 0.15) is 5.82 Å². The number of benzene rings is 1. The zero-order chi connectivity index (χ0) is 34.8. The first-order valence-corrected chi connectivity index (χ1v) is 17.0. The maximum absolute atomic E-state index is 12.1. The molecule has 0 heterocycles. The third-order valence-electron chi connectivity index (χ3n) is 8.70. The summed E-state index contributed by atoms with van der Waals surface area (Å²) in [5.41, 5.74) is 4.15. The van der Waals surface area contributed by atoms with Crippen LogP contribution in [0.4, 0.5) is 10.5 Å². The van der Waals surface area contributed by atoms with Gasteiger partial charge in [0.25, 0.3) is 0 Å². The van der Waals surface area contributed by atoms with E-state index in [0.29, 0.717) is 23.7 Å². The second kappa shape index (κ2) is 20.8. The number of nitrogens with zero attached hydrogens (tertiary/aromatic N) is 4. The normalized spacial score (nSPS) is 18.9. The first-order chi connectivity index (χ1) is 21.2. The van der Waals surface area contributed by atoms with Gasteiger partial charge in [-0.2, -0.15) is 5.26 Å². The molecule has 1 aliphatic carbocycles. The van der Waals surface area contributed by atoms with Gasteiger partial charge in [-0.25, -0.2) is 9.79 Å². The number of anilines is 1. The molecule has 45 heavy (non-hydrogen) atoms. The summed E-state index contributed by atoms with van der Waals surface area (Å²) < 4.78 is 0. The van der Waals surface area contributed by atoms with Crippen molar-refractivity contribution in [2.45, 2.75) is 133 Å². The molecule has 0 saturated heterocycles. The summed E-state index contributed by atoms with van der Waals surface area (Å²) in [6, 6.07) is 7.90. The first kappa shape index (κ1) is 41.9. The molecule has 1 aromatic rings. The van der Waals surface area contributed by atoms with Crippen LogP contribution in [0.3, 0.4) is 0 Å². The predicted octanol–water partition coefficient (Wildman–Crippen LogP) is 10.1. The van der Waals surface area contributed by atoms with Crippen LogP contribution in [-0.2, 0) is 0 Å². The van der Waals surface area contributed by atoms with Crippen LogP contribution < -0.4 is 4.90 Å². The number of nitriles is 1. The fourth-order valence-corrected chi connectivity index (χ4v) is 5.97. The van der Waals surface area contributed by atoms with Crippen molar-refractivity contribution in [3.63, 3.8) is 0 Å². The Balaban J connectivity index is 0.00000107. The summed E-state index contributed by atoms with van der Waals surface area (Å²) in [6.45, 7) is 23.5. The molecule has 1 fully saturated rings. The Bertz CT molecular complexity index is 1170. The number of amides is 1. The van der Waals surface area contributed by atoms with Crippen molar-refractivity contribution < 1.29 is 15.0 Å². The fourth-order valence-electron chi connectivity index (χ4n) is 5.97. The Morgan fingerprint density at radius 3 is 2.36 bits per heavy atom. The number of unbranched alkanes of at least 4 members (excludes halogenated alkanes) is 1. The minimum atomic E-state index is -1.03. The molecular formula is C38H64N4O3. The second-order valence-electron chi connectivity index (χ2n) is 12.9. The summed E-state index contributed by atoms with van der Waals surface area (Å²) in [7, 11) is 2.05. The molecule has 0 bridgehead atoms. The number of carbonyl (C=O) groups is 1. The summed E-state index contributed by atoms with van der Waals surface area (Å²) in [5, 5.41) is 29.1. The average Bonchev–Trinajstić information content (AvgIpc) is 3.01. The molecule has 1 amide bonds. The topological polar surface area (TPSA) is 100 Å². The van der Waals surface area contributed by atoms with E-state index in [9.17, 15) is 15.0 Å². The monoisotopic (exact) mass is 624 g/mol. The SMILES string of the molecule is CC.CCN(C)c1ccc(C#N)cc1C.C\C=C(/N=C\C(=C(/C)CC)C(C)(C)O)N(C[C@@H]1CCC[C@](C)(CCCC)C1)C(=O)O. The Kier molecular flexibility index (Phi) is 19.4. The van der Waals surface area contributed by atoms with Crippen LogP contribution in [0.2, 0.25) is 0 Å². The van der Waals surface area contributed by atoms with E-state index < -0.39 is 11.7 Å². The van der Waals surface area contributed by atoms with E-state index >= 15 is 0 Å². The van der Waals surface area contributed by atoms with Gasteiger partial charge in [0.2, 0.25) is 0 Å². The fraction of sp³-hybridized carbons (Fsp3) is 0.658. The second-order valence-corrected chi connectivity index (χ2v) is 12.9. The zero-order valence-electron chi connectivity index (χ0n) is 30.6. The maximum Gasteiger partial charge on any atom is 0.413 e. The van der Waals surface area contributed by atoms with Crippen LogP contribution in [0.5, 0.6) is 0 Å². The number of aliphatic imine (C=N–C) groups is 1. The smallest absolute Gasteiger partial charge is 0.413 e. The standard InChI is InChI=1S/C25H44N2O3.C11H14N2.C2H6/c1-8-11-14-25(7)15-12-13-20(16-25)18-27(23(28)29)22(10-3)26-17-21(19(4)9-2)24(5,6)30;1-4-13(3)11-6-5-10(8-12)7-9(11)2;1-2/h10,17,20,30H,8-9,11-16,18H2,1-7H3,(H,28,29);5-7H,4H2,1-3H3;1-2H3/b21-19-,22-10+,26-17-;;/t20-,25+;;/m1../s1. The lowest BCUT2D eigenvalue weighted by Crippen LogP contribution is -2.37. The van der Waals surface area contributed by atoms with Crippen molar-refractivity contribution >= 4 is 18.0 Å². The van der Waals surface area contributed by atoms with Gasteiger partial charge < -0.3 is 15.1 Å². The van der Waals surface area contributed by atoms with Gasteiger partial charge in [0.15, 0.2) is 0 Å². The Morgan fingerprint density at radius 2 is 1.89 bits per heavy atom. The van der Waals surface area contributed by atoms with Crippen molar-refractivity contribution in [3.8, 4) is 6.07 Å². The van der Waals surface area contributed by atoms with E-state index in [1.165, 1.54) is 36.3 Å². The van der Waals surface area contributed by atoms with Crippen LogP contribution in [0, 0.1) is 29.6 Å². The molecule has 2 N–H and O–H groups in total. The van der Waals surface area contributed by atoms with Gasteiger partial charge in [-0.1, -0.05) is 59.5 Å². The summed E-state index contributed by atoms with van der Waals surface area (Å²) >= 11 is 0. The van der Waals surface area contributed by atoms with Gasteiger partial charge in [-0.05, 0) is 115 Å². The third kappa shape index (κ3) is 14.2. The van der Waals surface area contributed by atoms with E-state index in [-0.39, 0.29) is 0 Å². The van der Waals surface area contributed by atoms with Gasteiger partial charge in [0.05, 0.1) is 17.2 Å². The first-order valence-electron chi connectivity index (χ1n) is 17.0. The van der Waals surface area contributed by atoms with Crippen LogP contribution >= 0.6 is 0 Å². The van der Waals surface area contributed by atoms with Crippen LogP contribution in [0.1, 0.15) is 132 Å². The van der Waals surface area contributed by atoms with Gasteiger partial charge in [-0.15, -0.1) is 0 Å². The van der Waals surface area contributed by atoms with E-state index in [1.54, 1.807) is 26.1 Å². The lowest BCUT2D eigenvalue weighted by molar-refractivity contribution is 0.109. The molecule has 1 aliphatic rings. The number of allylic oxidation sites excluding steroid dienone is 2. The number of carboxylic acid groups (broad SMARTS) is 1. The number of aliphatic hydroxyl groups is 1. The molecule has 0 spiro atoms. The lowest BCUT2D eigenvalue weighted by Gasteiger charge is -2.39. The molecular weight excluding hydrogens is 560 g/mol. The molecule has 0 unspecified atom stereocenters. The number of aryl methyl sites for hydroxylation is 1. The number of hydrogen-bond acceptors (Lipinski definition) is 5. The van der Waals surface area contributed by atoms with Crippen LogP contribution in [0.15, 0.2) is 46.2 Å². The third-order valence-corrected chi connectivity index (χ3v) is 8.70. The highest BCUT2D eigenvalue weighted by molar-refractivity contribution is 5.83. The van der Waals surface area contributed by atoms with Crippen molar-refractivity contribution in [2.24, 2.45) is 16.3 Å². The van der Waals surface area contributed by atoms with Crippen molar-refractivity contribution in [1.29, 1.82) is 5.26 Å². The van der Waals surface area contributed by atoms with Crippen LogP contribution in [0.25, 0.3) is 0 Å². The number of rotatable bonds is 12. The van der Waals surface area contributed by atoms with E-state index in [1.807, 2.05) is 66.8 Å². The van der Waals surface area contributed by atoms with Gasteiger partial charge in [0, 0.05) is 37.6 Å². The molecule has 7 nitrogen and oxygen atoms in total. The molecule has 7 heteroatoms. The highest BCUT2D eigenvalue weighted by atomic mass is 16.4. The van der Waals surface area contributed by atoms with Gasteiger partial charge in [-0.3, -0.25) is 4.90 Å². The molecule has 1 aromatic carbocycles. The minimum absolute atomic E-state index is 0.317. The minimum Gasteiger partial charge on any atom is -0.465 e. The van der Waals surface area contributed by atoms with Gasteiger partial charge >= 0.3 is 6.09 Å². The maximum atomic E-state index is 12.1. The molecule has 2 rings (SSSR count). The molecule has 1 saturated carbocycles. The lowest BCUT2D eigenvalue weighted by atomic mass is 9.68. The summed E-state index contributed by atoms with van der Waals surface area (Å²) in [6.07, 6.45) is 11.4. The van der Waals surface area contributed by atoms with Crippen LogP contribution in [-0.4, -0.2) is 53.2 Å². The highest BCUT2D eigenvalue weighted by Crippen LogP contribution is 2.43. The zero-order valence-corrected chi connectivity index (χ0v) is 30.6. The Labute approximate surface area is 275 Å². The largest absolute Gasteiger partial charge is 0.465 e. The number of hydrogen-bond donors (Lipinski definition) is 2. The van der Waals surface area contributed by atoms with E-state index in [2.05, 4.69) is 36.7 Å². The molecule has 254 valence electrons. The Morgan fingerprint density at radius 1 is 1.24 bits per heavy atom. The molecule has 0 aromatic heterocycles. The Hall–Kier alpha value is -3.11. The average molecular weight is 625 g/mol. The predicted molar refractivity (Wildman–Crippen MR) is 192 cm³/mol. The molecule has 0 aliphatic heterocycles.